The number of carbonyl (C=O) groups excluding carboxylic acids is 1. The quantitative estimate of drug-likeness (QED) is 0.534. The zero-order chi connectivity index (χ0) is 6.53. The van der Waals surface area contributed by atoms with E-state index in [0.29, 0.717) is 6.61 Å². The fourth-order valence-corrected chi connectivity index (χ4v) is 0.796. The fourth-order valence-electron chi connectivity index (χ4n) is 0.796. The van der Waals surface area contributed by atoms with Gasteiger partial charge in [-0.05, 0) is 6.42 Å². The van der Waals surface area contributed by atoms with Crippen LogP contribution in [-0.2, 0) is 14.3 Å². The summed E-state index contributed by atoms with van der Waals surface area (Å²) in [6.07, 6.45) is 2.70. The number of ether oxygens (including phenoxy) is 2. The van der Waals surface area contributed by atoms with E-state index in [1.54, 1.807) is 6.29 Å². The highest BCUT2D eigenvalue weighted by Crippen LogP contribution is 2.06. The summed E-state index contributed by atoms with van der Waals surface area (Å²) in [5.74, 6) is 0. The van der Waals surface area contributed by atoms with Crippen LogP contribution in [0.1, 0.15) is 6.42 Å². The van der Waals surface area contributed by atoms with Gasteiger partial charge in [0.25, 0.3) is 0 Å². The summed E-state index contributed by atoms with van der Waals surface area (Å²) in [4.78, 5) is 9.67. The van der Waals surface area contributed by atoms with Crippen molar-refractivity contribution in [1.82, 2.24) is 0 Å². The van der Waals surface area contributed by atoms with E-state index in [4.69, 9.17) is 9.47 Å². The Morgan fingerprint density at radius 1 is 1.78 bits per heavy atom. The summed E-state index contributed by atoms with van der Waals surface area (Å²) in [6, 6.07) is 0. The summed E-state index contributed by atoms with van der Waals surface area (Å²) in [5.41, 5.74) is 0. The number of rotatable bonds is 3. The molecule has 1 fully saturated rings. The molecule has 0 aromatic heterocycles. The van der Waals surface area contributed by atoms with E-state index >= 15 is 0 Å². The lowest BCUT2D eigenvalue weighted by Gasteiger charge is -2.03. The van der Waals surface area contributed by atoms with Gasteiger partial charge in [-0.15, -0.1) is 0 Å². The summed E-state index contributed by atoms with van der Waals surface area (Å²) in [5, 5.41) is 0. The second-order valence-corrected chi connectivity index (χ2v) is 1.94. The molecule has 0 amide bonds. The highest BCUT2D eigenvalue weighted by atomic mass is 16.5. The second-order valence-electron chi connectivity index (χ2n) is 1.94. The smallest absolute Gasteiger partial charge is 0.226 e. The van der Waals surface area contributed by atoms with Crippen molar-refractivity contribution >= 4 is 6.29 Å². The molecule has 3 nitrogen and oxygen atoms in total. The topological polar surface area (TPSA) is 35.5 Å². The van der Waals surface area contributed by atoms with Gasteiger partial charge >= 0.3 is 0 Å². The van der Waals surface area contributed by atoms with E-state index in [1.165, 1.54) is 0 Å². The monoisotopic (exact) mass is 129 g/mol. The van der Waals surface area contributed by atoms with Gasteiger partial charge in [-0.2, -0.15) is 0 Å². The molecule has 3 heteroatoms. The third kappa shape index (κ3) is 2.11. The summed E-state index contributed by atoms with van der Waals surface area (Å²) in [7, 11) is 0. The lowest BCUT2D eigenvalue weighted by molar-refractivity contribution is 0.0652. The number of hydrogen-bond donors (Lipinski definition) is 0. The fraction of sp³-hybridized carbons (Fsp3) is 0.833. The molecule has 0 aromatic rings. The average Bonchev–Trinajstić information content (AvgIpc) is 2.34. The maximum absolute atomic E-state index is 9.67. The van der Waals surface area contributed by atoms with Gasteiger partial charge in [0.1, 0.15) is 6.61 Å². The predicted molar refractivity (Wildman–Crippen MR) is 30.9 cm³/mol. The van der Waals surface area contributed by atoms with Crippen molar-refractivity contribution in [3.8, 4) is 0 Å². The van der Waals surface area contributed by atoms with E-state index in [-0.39, 0.29) is 12.7 Å². The Morgan fingerprint density at radius 3 is 3.22 bits per heavy atom. The third-order valence-electron chi connectivity index (χ3n) is 1.27. The van der Waals surface area contributed by atoms with Gasteiger partial charge in [-0.25, -0.2) is 0 Å². The Balaban J connectivity index is 2.04. The first-order chi connectivity index (χ1) is 4.43. The van der Waals surface area contributed by atoms with Gasteiger partial charge in [0.2, 0.25) is 6.29 Å². The first-order valence-corrected chi connectivity index (χ1v) is 2.98. The lowest BCUT2D eigenvalue weighted by atomic mass is 10.3. The predicted octanol–water partition coefficient (Wildman–Crippen LogP) is -0.0984. The van der Waals surface area contributed by atoms with Gasteiger partial charge in [-0.3, -0.25) is 4.79 Å². The molecule has 1 unspecified atom stereocenters. The van der Waals surface area contributed by atoms with Crippen LogP contribution in [0.4, 0.5) is 0 Å². The van der Waals surface area contributed by atoms with E-state index < -0.39 is 0 Å². The summed E-state index contributed by atoms with van der Waals surface area (Å²) < 4.78 is 10.0. The van der Waals surface area contributed by atoms with Crippen molar-refractivity contribution in [3.05, 3.63) is 0 Å². The van der Waals surface area contributed by atoms with Crippen molar-refractivity contribution in [2.24, 2.45) is 0 Å². The Kier molecular flexibility index (Phi) is 2.67. The van der Waals surface area contributed by atoms with Gasteiger partial charge in [0.15, 0.2) is 0 Å². The van der Waals surface area contributed by atoms with Crippen LogP contribution in [0.3, 0.4) is 0 Å². The first kappa shape index (κ1) is 6.71. The van der Waals surface area contributed by atoms with Crippen LogP contribution in [-0.4, -0.2) is 32.2 Å². The van der Waals surface area contributed by atoms with Crippen LogP contribution in [0.15, 0.2) is 0 Å². The van der Waals surface area contributed by atoms with Crippen LogP contribution in [0.25, 0.3) is 0 Å². The van der Waals surface area contributed by atoms with E-state index in [2.05, 4.69) is 0 Å². The maximum atomic E-state index is 9.67. The molecule has 0 saturated carbocycles. The van der Waals surface area contributed by atoms with Gasteiger partial charge in [0.05, 0.1) is 12.7 Å². The van der Waals surface area contributed by atoms with Gasteiger partial charge in [-0.1, -0.05) is 0 Å². The minimum absolute atomic E-state index is 0.0774. The molecule has 51 valence electrons. The molecule has 0 aromatic carbocycles. The van der Waals surface area contributed by atoms with Crippen molar-refractivity contribution < 1.29 is 14.3 Å². The highest BCUT2D eigenvalue weighted by molar-refractivity contribution is 5.51. The minimum Gasteiger partial charge on any atom is -0.379 e. The Hall–Kier alpha value is -0.410. The third-order valence-corrected chi connectivity index (χ3v) is 1.27. The molecule has 1 saturated heterocycles. The molecular weight excluding hydrogens is 120 g/mol. The Labute approximate surface area is 53.9 Å². The van der Waals surface area contributed by atoms with Crippen molar-refractivity contribution in [2.45, 2.75) is 12.5 Å². The van der Waals surface area contributed by atoms with E-state index in [1.807, 2.05) is 0 Å². The molecule has 1 heterocycles. The Morgan fingerprint density at radius 2 is 2.67 bits per heavy atom. The zero-order valence-electron chi connectivity index (χ0n) is 5.13. The molecule has 0 spiro atoms. The second kappa shape index (κ2) is 3.58. The molecule has 9 heavy (non-hydrogen) atoms. The van der Waals surface area contributed by atoms with Crippen LogP contribution < -0.4 is 0 Å². The lowest BCUT2D eigenvalue weighted by Crippen LogP contribution is -2.13. The van der Waals surface area contributed by atoms with Crippen LogP contribution in [0, 0.1) is 0 Å². The van der Waals surface area contributed by atoms with Gasteiger partial charge in [0, 0.05) is 6.61 Å². The van der Waals surface area contributed by atoms with E-state index in [0.717, 1.165) is 13.0 Å². The van der Waals surface area contributed by atoms with Crippen LogP contribution >= 0.6 is 0 Å². The minimum atomic E-state index is 0.0774. The maximum Gasteiger partial charge on any atom is 0.226 e. The first-order valence-electron chi connectivity index (χ1n) is 2.98. The largest absolute Gasteiger partial charge is 0.379 e. The molecule has 1 rings (SSSR count). The molecule has 0 bridgehead atoms. The van der Waals surface area contributed by atoms with Crippen molar-refractivity contribution in [3.63, 3.8) is 0 Å². The van der Waals surface area contributed by atoms with Crippen molar-refractivity contribution in [1.29, 1.82) is 0 Å². The SMILES string of the molecule is O=[C]COC1CCOC1. The van der Waals surface area contributed by atoms with Gasteiger partial charge < -0.3 is 9.47 Å². The average molecular weight is 129 g/mol. The normalized spacial score (nSPS) is 26.4. The standard InChI is InChI=1S/C6H9O3/c7-2-4-9-6-1-3-8-5-6/h6H,1,3-5H2. The summed E-state index contributed by atoms with van der Waals surface area (Å²) in [6.45, 7) is 1.46. The molecular formula is C6H9O3. The molecule has 1 atom stereocenters. The molecule has 1 aliphatic rings. The highest BCUT2D eigenvalue weighted by Gasteiger charge is 2.14. The number of hydrogen-bond acceptors (Lipinski definition) is 3. The molecule has 0 N–H and O–H groups in total. The molecule has 0 aliphatic carbocycles. The summed E-state index contributed by atoms with van der Waals surface area (Å²) >= 11 is 0. The van der Waals surface area contributed by atoms with E-state index in [9.17, 15) is 4.79 Å². The zero-order valence-corrected chi connectivity index (χ0v) is 5.13. The van der Waals surface area contributed by atoms with Crippen LogP contribution in [0.2, 0.25) is 0 Å². The Bertz CT molecular complexity index is 86.3. The van der Waals surface area contributed by atoms with Crippen molar-refractivity contribution in [2.75, 3.05) is 19.8 Å². The molecule has 1 radical (unpaired) electrons. The van der Waals surface area contributed by atoms with Crippen LogP contribution in [0.5, 0.6) is 0 Å². The molecule has 1 aliphatic heterocycles.